The van der Waals surface area contributed by atoms with Crippen molar-refractivity contribution in [3.05, 3.63) is 95.7 Å². The standard InChI is InChI=1S/C30H30N2O6S/c1-3-37-25-14-10-21(11-15-25)18-27(32-29(35)22-8-6-5-7-9-22)30(36)31-23-12-16-26(17-13-23)39-20-24(33)19-28(34)38-4-2/h5-18H,3-4,19-20H2,1-2H3,(H,31,36)(H,32,35)/b27-18-. The Morgan fingerprint density at radius 1 is 0.846 bits per heavy atom. The quantitative estimate of drug-likeness (QED) is 0.133. The third kappa shape index (κ3) is 9.79. The number of carbonyl (C=O) groups excluding carboxylic acids is 4. The van der Waals surface area contributed by atoms with Crippen molar-refractivity contribution in [2.45, 2.75) is 25.2 Å². The minimum absolute atomic E-state index is 0.0658. The van der Waals surface area contributed by atoms with Gasteiger partial charge in [-0.2, -0.15) is 0 Å². The maximum atomic E-state index is 13.2. The topological polar surface area (TPSA) is 111 Å². The first-order valence-corrected chi connectivity index (χ1v) is 13.4. The Bertz CT molecular complexity index is 1310. The zero-order chi connectivity index (χ0) is 28.0. The van der Waals surface area contributed by atoms with Gasteiger partial charge >= 0.3 is 5.97 Å². The second-order valence-corrected chi connectivity index (χ2v) is 9.22. The van der Waals surface area contributed by atoms with E-state index in [0.29, 0.717) is 29.2 Å². The third-order valence-electron chi connectivity index (χ3n) is 5.19. The zero-order valence-corrected chi connectivity index (χ0v) is 22.6. The van der Waals surface area contributed by atoms with Crippen molar-refractivity contribution in [1.29, 1.82) is 0 Å². The number of amides is 2. The number of benzene rings is 3. The van der Waals surface area contributed by atoms with Gasteiger partial charge in [-0.1, -0.05) is 30.3 Å². The van der Waals surface area contributed by atoms with Crippen LogP contribution < -0.4 is 15.4 Å². The highest BCUT2D eigenvalue weighted by atomic mass is 32.2. The summed E-state index contributed by atoms with van der Waals surface area (Å²) in [6.07, 6.45) is 1.33. The molecule has 8 nitrogen and oxygen atoms in total. The highest BCUT2D eigenvalue weighted by Crippen LogP contribution is 2.21. The highest BCUT2D eigenvalue weighted by molar-refractivity contribution is 8.00. The molecule has 0 aliphatic heterocycles. The molecule has 202 valence electrons. The number of ether oxygens (including phenoxy) is 2. The number of esters is 1. The average Bonchev–Trinajstić information content (AvgIpc) is 2.94. The lowest BCUT2D eigenvalue weighted by Gasteiger charge is -2.12. The lowest BCUT2D eigenvalue weighted by Crippen LogP contribution is -2.30. The predicted octanol–water partition coefficient (Wildman–Crippen LogP) is 5.11. The summed E-state index contributed by atoms with van der Waals surface area (Å²) >= 11 is 1.29. The fourth-order valence-electron chi connectivity index (χ4n) is 3.36. The summed E-state index contributed by atoms with van der Waals surface area (Å²) in [7, 11) is 0. The van der Waals surface area contributed by atoms with Gasteiger partial charge < -0.3 is 20.1 Å². The van der Waals surface area contributed by atoms with Gasteiger partial charge in [0.05, 0.1) is 19.0 Å². The molecule has 0 atom stereocenters. The number of Topliss-reactive ketones (excluding diaryl/α,β-unsaturated/α-hetero) is 1. The van der Waals surface area contributed by atoms with Crippen LogP contribution in [0.5, 0.6) is 5.75 Å². The summed E-state index contributed by atoms with van der Waals surface area (Å²) in [5.74, 6) is -0.844. The summed E-state index contributed by atoms with van der Waals surface area (Å²) < 4.78 is 10.3. The van der Waals surface area contributed by atoms with E-state index >= 15 is 0 Å². The lowest BCUT2D eigenvalue weighted by molar-refractivity contribution is -0.145. The van der Waals surface area contributed by atoms with Crippen molar-refractivity contribution in [2.75, 3.05) is 24.3 Å². The second kappa shape index (κ2) is 15.1. The van der Waals surface area contributed by atoms with Crippen LogP contribution in [0.2, 0.25) is 0 Å². The third-order valence-corrected chi connectivity index (χ3v) is 6.26. The van der Waals surface area contributed by atoms with Gasteiger partial charge in [0.2, 0.25) is 0 Å². The summed E-state index contributed by atoms with van der Waals surface area (Å²) in [5, 5.41) is 5.51. The number of hydrogen-bond acceptors (Lipinski definition) is 7. The maximum absolute atomic E-state index is 13.2. The van der Waals surface area contributed by atoms with Crippen LogP contribution in [0.3, 0.4) is 0 Å². The van der Waals surface area contributed by atoms with Crippen LogP contribution in [0.25, 0.3) is 6.08 Å². The summed E-state index contributed by atoms with van der Waals surface area (Å²) in [6, 6.07) is 22.7. The molecule has 0 spiro atoms. The Labute approximate surface area is 231 Å². The van der Waals surface area contributed by atoms with E-state index < -0.39 is 17.8 Å². The Hall–Kier alpha value is -4.37. The van der Waals surface area contributed by atoms with E-state index in [1.807, 2.05) is 6.92 Å². The van der Waals surface area contributed by atoms with E-state index in [1.54, 1.807) is 91.9 Å². The molecular weight excluding hydrogens is 516 g/mol. The molecule has 0 aromatic heterocycles. The Balaban J connectivity index is 1.69. The van der Waals surface area contributed by atoms with Gasteiger partial charge in [0.1, 0.15) is 17.9 Å². The molecule has 0 bridgehead atoms. The molecule has 3 aromatic rings. The monoisotopic (exact) mass is 546 g/mol. The smallest absolute Gasteiger partial charge is 0.313 e. The van der Waals surface area contributed by atoms with Gasteiger partial charge in [0, 0.05) is 16.1 Å². The Kier molecular flexibility index (Phi) is 11.3. The molecule has 39 heavy (non-hydrogen) atoms. The van der Waals surface area contributed by atoms with Crippen molar-refractivity contribution >= 4 is 47.1 Å². The molecular formula is C30H30N2O6S. The number of anilines is 1. The van der Waals surface area contributed by atoms with Crippen molar-refractivity contribution < 1.29 is 28.7 Å². The molecule has 9 heteroatoms. The number of thioether (sulfide) groups is 1. The van der Waals surface area contributed by atoms with Crippen molar-refractivity contribution in [3.63, 3.8) is 0 Å². The molecule has 3 rings (SSSR count). The number of hydrogen-bond donors (Lipinski definition) is 2. The van der Waals surface area contributed by atoms with E-state index in [1.165, 1.54) is 11.8 Å². The molecule has 2 amide bonds. The Morgan fingerprint density at radius 2 is 1.54 bits per heavy atom. The van der Waals surface area contributed by atoms with E-state index in [4.69, 9.17) is 9.47 Å². The molecule has 0 radical (unpaired) electrons. The van der Waals surface area contributed by atoms with E-state index in [0.717, 1.165) is 4.90 Å². The second-order valence-electron chi connectivity index (χ2n) is 8.17. The van der Waals surface area contributed by atoms with Gasteiger partial charge in [-0.3, -0.25) is 19.2 Å². The van der Waals surface area contributed by atoms with Crippen LogP contribution in [0.1, 0.15) is 36.2 Å². The molecule has 0 aliphatic rings. The maximum Gasteiger partial charge on any atom is 0.313 e. The fourth-order valence-corrected chi connectivity index (χ4v) is 4.12. The molecule has 0 fully saturated rings. The summed E-state index contributed by atoms with van der Waals surface area (Å²) in [4.78, 5) is 50.2. The molecule has 0 aliphatic carbocycles. The number of rotatable bonds is 13. The van der Waals surface area contributed by atoms with Gasteiger partial charge in [-0.25, -0.2) is 0 Å². The molecule has 3 aromatic carbocycles. The van der Waals surface area contributed by atoms with Gasteiger partial charge in [0.25, 0.3) is 11.8 Å². The first-order chi connectivity index (χ1) is 18.9. The van der Waals surface area contributed by atoms with E-state index in [-0.39, 0.29) is 30.3 Å². The van der Waals surface area contributed by atoms with E-state index in [2.05, 4.69) is 10.6 Å². The summed E-state index contributed by atoms with van der Waals surface area (Å²) in [6.45, 7) is 4.36. The minimum Gasteiger partial charge on any atom is -0.494 e. The van der Waals surface area contributed by atoms with Crippen LogP contribution in [-0.2, 0) is 19.1 Å². The lowest BCUT2D eigenvalue weighted by atomic mass is 10.1. The summed E-state index contributed by atoms with van der Waals surface area (Å²) in [5.41, 5.74) is 1.70. The molecule has 0 saturated heterocycles. The van der Waals surface area contributed by atoms with Gasteiger partial charge in [-0.15, -0.1) is 11.8 Å². The van der Waals surface area contributed by atoms with Crippen molar-refractivity contribution in [2.24, 2.45) is 0 Å². The first kappa shape index (κ1) is 29.2. The van der Waals surface area contributed by atoms with Crippen LogP contribution in [0.15, 0.2) is 89.5 Å². The number of carbonyl (C=O) groups is 4. The molecule has 0 unspecified atom stereocenters. The zero-order valence-electron chi connectivity index (χ0n) is 21.8. The number of nitrogens with one attached hydrogen (secondary N) is 2. The Morgan fingerprint density at radius 3 is 2.18 bits per heavy atom. The minimum atomic E-state index is -0.533. The van der Waals surface area contributed by atoms with Crippen molar-refractivity contribution in [1.82, 2.24) is 5.32 Å². The van der Waals surface area contributed by atoms with Crippen LogP contribution in [0.4, 0.5) is 5.69 Å². The normalized spacial score (nSPS) is 10.9. The largest absolute Gasteiger partial charge is 0.494 e. The predicted molar refractivity (Wildman–Crippen MR) is 152 cm³/mol. The molecule has 2 N–H and O–H groups in total. The van der Waals surface area contributed by atoms with E-state index in [9.17, 15) is 19.2 Å². The van der Waals surface area contributed by atoms with Crippen molar-refractivity contribution in [3.8, 4) is 5.75 Å². The van der Waals surface area contributed by atoms with Crippen LogP contribution in [-0.4, -0.2) is 42.5 Å². The highest BCUT2D eigenvalue weighted by Gasteiger charge is 2.16. The SMILES string of the molecule is CCOC(=O)CC(=O)CSc1ccc(NC(=O)/C(=C/c2ccc(OCC)cc2)NC(=O)c2ccccc2)cc1. The van der Waals surface area contributed by atoms with Crippen LogP contribution in [0, 0.1) is 0 Å². The van der Waals surface area contributed by atoms with Gasteiger partial charge in [0.15, 0.2) is 5.78 Å². The fraction of sp³-hybridized carbons (Fsp3) is 0.200. The molecule has 0 heterocycles. The van der Waals surface area contributed by atoms with Crippen LogP contribution >= 0.6 is 11.8 Å². The number of ketones is 1. The van der Waals surface area contributed by atoms with Gasteiger partial charge in [-0.05, 0) is 74.0 Å². The first-order valence-electron chi connectivity index (χ1n) is 12.4. The average molecular weight is 547 g/mol. The molecule has 0 saturated carbocycles.